The van der Waals surface area contributed by atoms with Crippen LogP contribution in [0.3, 0.4) is 0 Å². The van der Waals surface area contributed by atoms with Crippen LogP contribution in [0.2, 0.25) is 0 Å². The fraction of sp³-hybridized carbons (Fsp3) is 0.704. The lowest BCUT2D eigenvalue weighted by molar-refractivity contribution is -0.245. The number of fused-ring (bicyclic) bond motifs is 2. The van der Waals surface area contributed by atoms with Crippen molar-refractivity contribution in [1.82, 2.24) is 0 Å². The first-order valence-corrected chi connectivity index (χ1v) is 12.4. The molecule has 0 aromatic carbocycles. The Labute approximate surface area is 210 Å². The predicted octanol–water partition coefficient (Wildman–Crippen LogP) is 2.68. The molecule has 3 saturated heterocycles. The summed E-state index contributed by atoms with van der Waals surface area (Å²) < 4.78 is 23.2. The Hall–Kier alpha value is -2.68. The molecule has 0 aromatic rings. The van der Waals surface area contributed by atoms with E-state index in [0.29, 0.717) is 24.8 Å². The highest BCUT2D eigenvalue weighted by molar-refractivity contribution is 6.01. The Kier molecular flexibility index (Phi) is 4.71. The molecule has 1 N–H and O–H groups in total. The quantitative estimate of drug-likeness (QED) is 0.327. The first kappa shape index (κ1) is 25.0. The molecule has 1 saturated carbocycles. The smallest absolute Gasteiger partial charge is 0.344 e. The van der Waals surface area contributed by atoms with Crippen molar-refractivity contribution in [3.63, 3.8) is 0 Å². The van der Waals surface area contributed by atoms with Crippen molar-refractivity contribution in [3.8, 4) is 0 Å². The standard InChI is InChI=1S/C27H34O9/c1-13-18-19(34-16(4)28)24(8)14(2)26(20(30)33-15(3)27(26,32)21(31)36-24)23(18,7)11-12-25(13)10-9-17(29)35-22(25,5)6/h15,19,32H,2,9-12H2,1,3-8H3/t15-,19+,23+,24+,25+,26+,27-/m1/s1. The second kappa shape index (κ2) is 6.79. The third-order valence-electron chi connectivity index (χ3n) is 10.3. The van der Waals surface area contributed by atoms with Gasteiger partial charge in [-0.25, -0.2) is 4.79 Å². The molecule has 0 unspecified atom stereocenters. The van der Waals surface area contributed by atoms with Crippen LogP contribution < -0.4 is 0 Å². The van der Waals surface area contributed by atoms with E-state index in [4.69, 9.17) is 18.9 Å². The van der Waals surface area contributed by atoms with Crippen molar-refractivity contribution < 1.29 is 43.2 Å². The van der Waals surface area contributed by atoms with Crippen LogP contribution >= 0.6 is 0 Å². The van der Waals surface area contributed by atoms with Gasteiger partial charge in [0.2, 0.25) is 5.60 Å². The van der Waals surface area contributed by atoms with Crippen LogP contribution in [-0.4, -0.2) is 58.0 Å². The molecule has 2 aliphatic carbocycles. The molecule has 196 valence electrons. The third-order valence-corrected chi connectivity index (χ3v) is 10.3. The van der Waals surface area contributed by atoms with E-state index in [1.807, 2.05) is 27.7 Å². The molecule has 9 heteroatoms. The number of carbonyl (C=O) groups is 4. The lowest BCUT2D eigenvalue weighted by Crippen LogP contribution is -2.79. The Bertz CT molecular complexity index is 1180. The maximum atomic E-state index is 13.8. The summed E-state index contributed by atoms with van der Waals surface area (Å²) in [5.74, 6) is -2.63. The molecule has 9 nitrogen and oxygen atoms in total. The molecule has 0 radical (unpaired) electrons. The molecule has 36 heavy (non-hydrogen) atoms. The second-order valence-corrected chi connectivity index (χ2v) is 12.0. The highest BCUT2D eigenvalue weighted by Gasteiger charge is 2.87. The SMILES string of the molecule is C=C1[C@@]23C(=O)O[C@H](C)[C@@]2(O)C(=O)O[C@]1(C)[C@@H](OC(C)=O)C1=C(C)[C@]2(CCC(=O)OC2(C)C)CC[C@@]13C. The summed E-state index contributed by atoms with van der Waals surface area (Å²) in [6, 6.07) is 0. The normalized spacial score (nSPS) is 47.0. The van der Waals surface area contributed by atoms with Crippen LogP contribution in [0.5, 0.6) is 0 Å². The van der Waals surface area contributed by atoms with Crippen LogP contribution in [-0.2, 0) is 38.1 Å². The van der Waals surface area contributed by atoms with E-state index in [1.165, 1.54) is 13.8 Å². The maximum Gasteiger partial charge on any atom is 0.344 e. The van der Waals surface area contributed by atoms with Crippen LogP contribution in [0, 0.1) is 16.2 Å². The van der Waals surface area contributed by atoms with E-state index in [1.54, 1.807) is 6.92 Å². The number of ether oxygens (including phenoxy) is 4. The van der Waals surface area contributed by atoms with Crippen molar-refractivity contribution in [2.75, 3.05) is 0 Å². The largest absolute Gasteiger partial charge is 0.459 e. The van der Waals surface area contributed by atoms with E-state index >= 15 is 0 Å². The third kappa shape index (κ3) is 2.32. The molecule has 7 atom stereocenters. The zero-order valence-corrected chi connectivity index (χ0v) is 21.9. The van der Waals surface area contributed by atoms with Gasteiger partial charge in [0.15, 0.2) is 11.7 Å². The van der Waals surface area contributed by atoms with Gasteiger partial charge in [-0.05, 0) is 65.0 Å². The van der Waals surface area contributed by atoms with E-state index in [-0.39, 0.29) is 18.0 Å². The molecule has 3 aliphatic heterocycles. The summed E-state index contributed by atoms with van der Waals surface area (Å²) in [7, 11) is 0. The number of esters is 4. The van der Waals surface area contributed by atoms with E-state index < -0.39 is 63.2 Å². The van der Waals surface area contributed by atoms with Gasteiger partial charge in [0.25, 0.3) is 0 Å². The van der Waals surface area contributed by atoms with Crippen LogP contribution in [0.25, 0.3) is 0 Å². The molecule has 4 fully saturated rings. The highest BCUT2D eigenvalue weighted by Crippen LogP contribution is 2.75. The van der Waals surface area contributed by atoms with Crippen LogP contribution in [0.1, 0.15) is 74.1 Å². The molecular formula is C27H34O9. The minimum atomic E-state index is -2.32. The van der Waals surface area contributed by atoms with E-state index in [0.717, 1.165) is 5.57 Å². The van der Waals surface area contributed by atoms with Gasteiger partial charge < -0.3 is 24.1 Å². The Morgan fingerprint density at radius 3 is 2.28 bits per heavy atom. The summed E-state index contributed by atoms with van der Waals surface area (Å²) >= 11 is 0. The van der Waals surface area contributed by atoms with Gasteiger partial charge in [-0.2, -0.15) is 0 Å². The van der Waals surface area contributed by atoms with Crippen molar-refractivity contribution in [2.24, 2.45) is 16.2 Å². The number of rotatable bonds is 1. The van der Waals surface area contributed by atoms with Gasteiger partial charge in [0.05, 0.1) is 0 Å². The van der Waals surface area contributed by atoms with Gasteiger partial charge in [0, 0.05) is 24.2 Å². The monoisotopic (exact) mass is 502 g/mol. The molecule has 0 aromatic heterocycles. The zero-order chi connectivity index (χ0) is 26.9. The van der Waals surface area contributed by atoms with Gasteiger partial charge in [-0.3, -0.25) is 14.4 Å². The Morgan fingerprint density at radius 2 is 1.69 bits per heavy atom. The Balaban J connectivity index is 1.89. The second-order valence-electron chi connectivity index (χ2n) is 12.0. The molecule has 2 spiro atoms. The average Bonchev–Trinajstić information content (AvgIpc) is 2.96. The van der Waals surface area contributed by atoms with Gasteiger partial charge in [0.1, 0.15) is 17.1 Å². The number of carbonyl (C=O) groups excluding carboxylic acids is 4. The first-order chi connectivity index (χ1) is 16.5. The number of aliphatic hydroxyl groups is 1. The topological polar surface area (TPSA) is 125 Å². The molecular weight excluding hydrogens is 468 g/mol. The minimum absolute atomic E-state index is 0.155. The summed E-state index contributed by atoms with van der Waals surface area (Å²) in [5, 5.41) is 12.0. The summed E-state index contributed by atoms with van der Waals surface area (Å²) in [4.78, 5) is 52.0. The summed E-state index contributed by atoms with van der Waals surface area (Å²) in [6.07, 6.45) is -0.718. The minimum Gasteiger partial charge on any atom is -0.459 e. The molecule has 0 amide bonds. The van der Waals surface area contributed by atoms with Gasteiger partial charge in [-0.15, -0.1) is 0 Å². The average molecular weight is 503 g/mol. The van der Waals surface area contributed by atoms with Crippen molar-refractivity contribution in [3.05, 3.63) is 23.3 Å². The maximum absolute atomic E-state index is 13.8. The fourth-order valence-electron chi connectivity index (χ4n) is 8.42. The fourth-order valence-corrected chi connectivity index (χ4v) is 8.42. The number of hydrogen-bond acceptors (Lipinski definition) is 9. The highest BCUT2D eigenvalue weighted by atomic mass is 16.6. The lowest BCUT2D eigenvalue weighted by Gasteiger charge is -2.67. The molecule has 5 rings (SSSR count). The summed E-state index contributed by atoms with van der Waals surface area (Å²) in [6.45, 7) is 15.9. The predicted molar refractivity (Wildman–Crippen MR) is 124 cm³/mol. The van der Waals surface area contributed by atoms with Crippen LogP contribution in [0.15, 0.2) is 23.3 Å². The van der Waals surface area contributed by atoms with Crippen molar-refractivity contribution in [2.45, 2.75) is 103 Å². The Morgan fingerprint density at radius 1 is 1.06 bits per heavy atom. The van der Waals surface area contributed by atoms with Crippen molar-refractivity contribution >= 4 is 23.9 Å². The molecule has 2 bridgehead atoms. The van der Waals surface area contributed by atoms with Gasteiger partial charge >= 0.3 is 23.9 Å². The summed E-state index contributed by atoms with van der Waals surface area (Å²) in [5.41, 5.74) is -6.98. The molecule has 3 heterocycles. The zero-order valence-electron chi connectivity index (χ0n) is 21.9. The lowest BCUT2D eigenvalue weighted by atomic mass is 9.37. The van der Waals surface area contributed by atoms with E-state index in [9.17, 15) is 24.3 Å². The van der Waals surface area contributed by atoms with Gasteiger partial charge in [-0.1, -0.05) is 19.1 Å². The van der Waals surface area contributed by atoms with E-state index in [2.05, 4.69) is 6.58 Å². The van der Waals surface area contributed by atoms with Crippen LogP contribution in [0.4, 0.5) is 0 Å². The molecule has 5 aliphatic rings. The van der Waals surface area contributed by atoms with Crippen molar-refractivity contribution in [1.29, 1.82) is 0 Å². The first-order valence-electron chi connectivity index (χ1n) is 12.4. The number of cyclic esters (lactones) is 2. The number of hydrogen-bond donors (Lipinski definition) is 1.